The Hall–Kier alpha value is -2.81. The van der Waals surface area contributed by atoms with E-state index in [9.17, 15) is 18.0 Å². The lowest BCUT2D eigenvalue weighted by Gasteiger charge is -2.13. The lowest BCUT2D eigenvalue weighted by Crippen LogP contribution is -2.29. The molecule has 1 heterocycles. The highest BCUT2D eigenvalue weighted by molar-refractivity contribution is 6.45. The number of benzene rings is 1. The zero-order valence-corrected chi connectivity index (χ0v) is 15.1. The molecule has 0 aliphatic heterocycles. The summed E-state index contributed by atoms with van der Waals surface area (Å²) in [6, 6.07) is 8.06. The molecule has 10 heteroatoms. The molecule has 0 aliphatic carbocycles. The number of carbonyl (C=O) groups is 1. The molecule has 0 saturated carbocycles. The summed E-state index contributed by atoms with van der Waals surface area (Å²) in [6.45, 7) is -0.166. The average Bonchev–Trinajstić information content (AvgIpc) is 2.63. The first-order chi connectivity index (χ1) is 12.8. The van der Waals surface area contributed by atoms with E-state index in [1.807, 2.05) is 0 Å². The van der Waals surface area contributed by atoms with Gasteiger partial charge in [-0.1, -0.05) is 41.0 Å². The number of nitrogens with one attached hydrogen (secondary N) is 1. The molecule has 27 heavy (non-hydrogen) atoms. The molecule has 0 fully saturated rings. The Kier molecular flexibility index (Phi) is 6.62. The number of amides is 1. The monoisotopic (exact) mass is 401 g/mol. The molecule has 0 bridgehead atoms. The lowest BCUT2D eigenvalue weighted by molar-refractivity contribution is -0.137. The number of alkyl halides is 3. The first-order valence-corrected chi connectivity index (χ1v) is 7.93. The van der Waals surface area contributed by atoms with E-state index in [1.165, 1.54) is 14.2 Å². The topological polar surface area (TPSA) is 72.8 Å². The minimum atomic E-state index is -4.58. The highest BCUT2D eigenvalue weighted by atomic mass is 35.5. The Morgan fingerprint density at radius 3 is 2.63 bits per heavy atom. The minimum Gasteiger partial charge on any atom is -0.473 e. The van der Waals surface area contributed by atoms with Crippen molar-refractivity contribution >= 4 is 23.2 Å². The van der Waals surface area contributed by atoms with Crippen LogP contribution in [-0.2, 0) is 22.4 Å². The summed E-state index contributed by atoms with van der Waals surface area (Å²) in [5.41, 5.74) is -0.0870. The van der Waals surface area contributed by atoms with Gasteiger partial charge in [-0.05, 0) is 11.6 Å². The van der Waals surface area contributed by atoms with Crippen molar-refractivity contribution < 1.29 is 27.5 Å². The standard InChI is InChI=1S/C17H15ClF3N3O3/c1-22-16(25)15(24-26-2)12-6-4-3-5-10(12)9-27-14-8-11(17(19,20)21)7-13(18)23-14/h3-8H,9H2,1-2H3,(H,22,25)/b24-15+. The van der Waals surface area contributed by atoms with Crippen molar-refractivity contribution in [2.45, 2.75) is 12.8 Å². The van der Waals surface area contributed by atoms with Gasteiger partial charge in [0.2, 0.25) is 5.88 Å². The number of carbonyl (C=O) groups excluding carboxylic acids is 1. The van der Waals surface area contributed by atoms with Gasteiger partial charge in [-0.3, -0.25) is 4.79 Å². The molecule has 0 radical (unpaired) electrons. The van der Waals surface area contributed by atoms with Crippen LogP contribution in [-0.4, -0.2) is 30.8 Å². The Balaban J connectivity index is 2.31. The van der Waals surface area contributed by atoms with Gasteiger partial charge in [-0.2, -0.15) is 13.2 Å². The van der Waals surface area contributed by atoms with Crippen LogP contribution in [0, 0.1) is 0 Å². The normalized spacial score (nSPS) is 11.9. The number of hydrogen-bond acceptors (Lipinski definition) is 5. The summed E-state index contributed by atoms with van der Waals surface area (Å²) < 4.78 is 44.0. The van der Waals surface area contributed by atoms with Gasteiger partial charge < -0.3 is 14.9 Å². The van der Waals surface area contributed by atoms with Crippen LogP contribution in [0.4, 0.5) is 13.2 Å². The molecule has 1 aromatic carbocycles. The van der Waals surface area contributed by atoms with Crippen molar-refractivity contribution in [3.8, 4) is 5.88 Å². The summed E-state index contributed by atoms with van der Waals surface area (Å²) >= 11 is 5.64. The molecule has 144 valence electrons. The van der Waals surface area contributed by atoms with Crippen LogP contribution in [0.15, 0.2) is 41.6 Å². The number of oxime groups is 1. The second-order valence-corrected chi connectivity index (χ2v) is 5.55. The molecule has 0 spiro atoms. The Bertz CT molecular complexity index is 857. The molecule has 1 N–H and O–H groups in total. The maximum absolute atomic E-state index is 12.9. The summed E-state index contributed by atoms with van der Waals surface area (Å²) in [4.78, 5) is 20.4. The average molecular weight is 402 g/mol. The van der Waals surface area contributed by atoms with Gasteiger partial charge in [0, 0.05) is 18.7 Å². The smallest absolute Gasteiger partial charge is 0.416 e. The second-order valence-electron chi connectivity index (χ2n) is 5.16. The van der Waals surface area contributed by atoms with Crippen molar-refractivity contribution in [1.82, 2.24) is 10.3 Å². The predicted molar refractivity (Wildman–Crippen MR) is 92.6 cm³/mol. The largest absolute Gasteiger partial charge is 0.473 e. The van der Waals surface area contributed by atoms with Crippen molar-refractivity contribution in [2.75, 3.05) is 14.2 Å². The number of pyridine rings is 1. The summed E-state index contributed by atoms with van der Waals surface area (Å²) in [6.07, 6.45) is -4.58. The van der Waals surface area contributed by atoms with E-state index in [2.05, 4.69) is 15.5 Å². The van der Waals surface area contributed by atoms with Gasteiger partial charge in [0.25, 0.3) is 5.91 Å². The van der Waals surface area contributed by atoms with E-state index in [-0.39, 0.29) is 23.4 Å². The van der Waals surface area contributed by atoms with Crippen LogP contribution >= 0.6 is 11.6 Å². The molecule has 0 aliphatic rings. The van der Waals surface area contributed by atoms with Crippen molar-refractivity contribution in [1.29, 1.82) is 0 Å². The number of rotatable bonds is 6. The molecule has 0 saturated heterocycles. The zero-order chi connectivity index (χ0) is 20.0. The molecule has 2 aromatic rings. The van der Waals surface area contributed by atoms with E-state index < -0.39 is 17.6 Å². The van der Waals surface area contributed by atoms with Gasteiger partial charge >= 0.3 is 6.18 Å². The van der Waals surface area contributed by atoms with Crippen molar-refractivity contribution in [3.05, 3.63) is 58.2 Å². The molecule has 6 nitrogen and oxygen atoms in total. The van der Waals surface area contributed by atoms with Gasteiger partial charge in [0.1, 0.15) is 18.9 Å². The summed E-state index contributed by atoms with van der Waals surface area (Å²) in [5, 5.41) is 5.79. The van der Waals surface area contributed by atoms with E-state index in [0.29, 0.717) is 17.2 Å². The van der Waals surface area contributed by atoms with Crippen LogP contribution in [0.2, 0.25) is 5.15 Å². The van der Waals surface area contributed by atoms with Crippen LogP contribution < -0.4 is 10.1 Å². The van der Waals surface area contributed by atoms with Crippen LogP contribution in [0.1, 0.15) is 16.7 Å². The maximum Gasteiger partial charge on any atom is 0.416 e. The number of aromatic nitrogens is 1. The van der Waals surface area contributed by atoms with E-state index in [4.69, 9.17) is 21.2 Å². The molecular weight excluding hydrogens is 387 g/mol. The fraction of sp³-hybridized carbons (Fsp3) is 0.235. The van der Waals surface area contributed by atoms with Gasteiger partial charge in [0.05, 0.1) is 5.56 Å². The predicted octanol–water partition coefficient (Wildman–Crippen LogP) is 3.43. The maximum atomic E-state index is 12.9. The fourth-order valence-electron chi connectivity index (χ4n) is 2.16. The third-order valence-corrected chi connectivity index (χ3v) is 3.56. The molecular formula is C17H15ClF3N3O3. The number of likely N-dealkylation sites (N-methyl/N-ethyl adjacent to an activating group) is 1. The van der Waals surface area contributed by atoms with Gasteiger partial charge in [0.15, 0.2) is 5.71 Å². The number of nitrogens with zero attached hydrogens (tertiary/aromatic N) is 2. The molecule has 1 amide bonds. The number of ether oxygens (including phenoxy) is 1. The Labute approximate surface area is 157 Å². The Morgan fingerprint density at radius 2 is 2.00 bits per heavy atom. The SMILES string of the molecule is CNC(=O)/C(=N/OC)c1ccccc1COc1cc(C(F)(F)F)cc(Cl)n1. The summed E-state index contributed by atoms with van der Waals surface area (Å²) in [7, 11) is 2.72. The van der Waals surface area contributed by atoms with Crippen LogP contribution in [0.25, 0.3) is 0 Å². The Morgan fingerprint density at radius 1 is 1.30 bits per heavy atom. The molecule has 0 atom stereocenters. The third-order valence-electron chi connectivity index (χ3n) is 3.37. The molecule has 2 rings (SSSR count). The van der Waals surface area contributed by atoms with Gasteiger partial charge in [-0.25, -0.2) is 4.98 Å². The van der Waals surface area contributed by atoms with E-state index in [1.54, 1.807) is 24.3 Å². The fourth-order valence-corrected chi connectivity index (χ4v) is 2.36. The first-order valence-electron chi connectivity index (χ1n) is 7.55. The van der Waals surface area contributed by atoms with Gasteiger partial charge in [-0.15, -0.1) is 0 Å². The molecule has 1 aromatic heterocycles. The minimum absolute atomic E-state index is 0.00534. The van der Waals surface area contributed by atoms with Crippen LogP contribution in [0.5, 0.6) is 5.88 Å². The van der Waals surface area contributed by atoms with Crippen molar-refractivity contribution in [2.24, 2.45) is 5.16 Å². The van der Waals surface area contributed by atoms with E-state index >= 15 is 0 Å². The lowest BCUT2D eigenvalue weighted by atomic mass is 10.0. The van der Waals surface area contributed by atoms with Crippen LogP contribution in [0.3, 0.4) is 0 Å². The highest BCUT2D eigenvalue weighted by Crippen LogP contribution is 2.32. The number of halogens is 4. The van der Waals surface area contributed by atoms with Crippen molar-refractivity contribution in [3.63, 3.8) is 0 Å². The second kappa shape index (κ2) is 8.72. The molecule has 0 unspecified atom stereocenters. The third kappa shape index (κ3) is 5.33. The quantitative estimate of drug-likeness (QED) is 0.457. The summed E-state index contributed by atoms with van der Waals surface area (Å²) in [5.74, 6) is -0.792. The highest BCUT2D eigenvalue weighted by Gasteiger charge is 2.32. The first kappa shape index (κ1) is 20.5. The van der Waals surface area contributed by atoms with E-state index in [0.717, 1.165) is 6.07 Å². The zero-order valence-electron chi connectivity index (χ0n) is 14.3. The number of hydrogen-bond donors (Lipinski definition) is 1.